The number of hydrogen-bond donors (Lipinski definition) is 2. The Bertz CT molecular complexity index is 316. The number of rotatable bonds is 4. The Labute approximate surface area is 85.5 Å². The number of aliphatic hydroxyl groups is 1. The molecular formula is C10H12F3NO. The smallest absolute Gasteiger partial charge is 0.194 e. The van der Waals surface area contributed by atoms with Crippen LogP contribution >= 0.6 is 0 Å². The molecule has 0 spiro atoms. The maximum Gasteiger partial charge on any atom is 0.194 e. The second-order valence-corrected chi connectivity index (χ2v) is 3.36. The highest BCUT2D eigenvalue weighted by Crippen LogP contribution is 2.16. The van der Waals surface area contributed by atoms with E-state index in [-0.39, 0.29) is 31.1 Å². The molecule has 0 saturated carbocycles. The molecule has 0 aliphatic heterocycles. The molecule has 0 heterocycles. The first-order valence-electron chi connectivity index (χ1n) is 4.52. The number of benzene rings is 1. The molecule has 0 aliphatic rings. The van der Waals surface area contributed by atoms with Gasteiger partial charge >= 0.3 is 0 Å². The third-order valence-corrected chi connectivity index (χ3v) is 2.16. The third kappa shape index (κ3) is 2.94. The third-order valence-electron chi connectivity index (χ3n) is 2.16. The standard InChI is InChI=1S/C10H12F3NO/c11-8-2-6(1-7(4-14)5-15)3-9(12)10(8)13/h2-3,7,15H,1,4-5,14H2/t7-/m0/s1. The molecule has 0 radical (unpaired) electrons. The van der Waals surface area contributed by atoms with Crippen LogP contribution in [-0.2, 0) is 6.42 Å². The highest BCUT2D eigenvalue weighted by atomic mass is 19.2. The van der Waals surface area contributed by atoms with Gasteiger partial charge in [-0.15, -0.1) is 0 Å². The first-order chi connectivity index (χ1) is 7.08. The van der Waals surface area contributed by atoms with Crippen molar-refractivity contribution in [2.75, 3.05) is 13.2 Å². The minimum atomic E-state index is -1.48. The molecule has 3 N–H and O–H groups in total. The molecule has 84 valence electrons. The van der Waals surface area contributed by atoms with Crippen LogP contribution in [0.2, 0.25) is 0 Å². The average molecular weight is 219 g/mol. The predicted octanol–water partition coefficient (Wildman–Crippen LogP) is 1.21. The highest BCUT2D eigenvalue weighted by molar-refractivity contribution is 5.20. The van der Waals surface area contributed by atoms with Gasteiger partial charge in [0.25, 0.3) is 0 Å². The molecule has 0 aliphatic carbocycles. The zero-order valence-corrected chi connectivity index (χ0v) is 8.01. The lowest BCUT2D eigenvalue weighted by molar-refractivity contribution is 0.229. The molecule has 0 unspecified atom stereocenters. The predicted molar refractivity (Wildman–Crippen MR) is 49.7 cm³/mol. The lowest BCUT2D eigenvalue weighted by atomic mass is 10.00. The zero-order valence-electron chi connectivity index (χ0n) is 8.01. The van der Waals surface area contributed by atoms with Crippen LogP contribution in [0.1, 0.15) is 5.56 Å². The van der Waals surface area contributed by atoms with Crippen LogP contribution in [0.25, 0.3) is 0 Å². The van der Waals surface area contributed by atoms with Crippen molar-refractivity contribution in [3.8, 4) is 0 Å². The molecule has 1 atom stereocenters. The van der Waals surface area contributed by atoms with Gasteiger partial charge in [0.1, 0.15) is 0 Å². The summed E-state index contributed by atoms with van der Waals surface area (Å²) in [5.41, 5.74) is 5.60. The minimum Gasteiger partial charge on any atom is -0.396 e. The first kappa shape index (κ1) is 12.0. The molecule has 1 rings (SSSR count). The maximum absolute atomic E-state index is 12.8. The average Bonchev–Trinajstić information content (AvgIpc) is 2.22. The monoisotopic (exact) mass is 219 g/mol. The van der Waals surface area contributed by atoms with Gasteiger partial charge in [-0.05, 0) is 36.6 Å². The van der Waals surface area contributed by atoms with Crippen LogP contribution in [0.3, 0.4) is 0 Å². The first-order valence-corrected chi connectivity index (χ1v) is 4.52. The molecule has 2 nitrogen and oxygen atoms in total. The number of aliphatic hydroxyl groups excluding tert-OH is 1. The van der Waals surface area contributed by atoms with E-state index in [4.69, 9.17) is 10.8 Å². The fourth-order valence-corrected chi connectivity index (χ4v) is 1.28. The van der Waals surface area contributed by atoms with Gasteiger partial charge in [-0.3, -0.25) is 0 Å². The zero-order chi connectivity index (χ0) is 11.4. The SMILES string of the molecule is NC[C@@H](CO)Cc1cc(F)c(F)c(F)c1. The number of halogens is 3. The van der Waals surface area contributed by atoms with Gasteiger partial charge in [-0.25, -0.2) is 13.2 Å². The molecule has 0 fully saturated rings. The van der Waals surface area contributed by atoms with E-state index in [9.17, 15) is 13.2 Å². The van der Waals surface area contributed by atoms with Gasteiger partial charge in [-0.2, -0.15) is 0 Å². The summed E-state index contributed by atoms with van der Waals surface area (Å²) in [6.45, 7) is 0.0359. The normalized spacial score (nSPS) is 12.9. The Morgan fingerprint density at radius 3 is 2.13 bits per heavy atom. The van der Waals surface area contributed by atoms with E-state index in [1.54, 1.807) is 0 Å². The fraction of sp³-hybridized carbons (Fsp3) is 0.400. The van der Waals surface area contributed by atoms with Gasteiger partial charge in [-0.1, -0.05) is 0 Å². The van der Waals surface area contributed by atoms with Gasteiger partial charge < -0.3 is 10.8 Å². The lowest BCUT2D eigenvalue weighted by Crippen LogP contribution is -2.20. The highest BCUT2D eigenvalue weighted by Gasteiger charge is 2.13. The van der Waals surface area contributed by atoms with Crippen LogP contribution in [0.4, 0.5) is 13.2 Å². The Balaban J connectivity index is 2.87. The maximum atomic E-state index is 12.8. The van der Waals surface area contributed by atoms with Gasteiger partial charge in [0.15, 0.2) is 17.5 Å². The minimum absolute atomic E-state index is 0.170. The van der Waals surface area contributed by atoms with Crippen molar-refractivity contribution in [2.24, 2.45) is 11.7 Å². The molecule has 1 aromatic rings. The second-order valence-electron chi connectivity index (χ2n) is 3.36. The van der Waals surface area contributed by atoms with Crippen molar-refractivity contribution in [3.05, 3.63) is 35.1 Å². The van der Waals surface area contributed by atoms with Crippen molar-refractivity contribution < 1.29 is 18.3 Å². The van der Waals surface area contributed by atoms with Crippen molar-refractivity contribution >= 4 is 0 Å². The summed E-state index contributed by atoms with van der Waals surface area (Å²) in [7, 11) is 0. The van der Waals surface area contributed by atoms with Crippen LogP contribution in [0.15, 0.2) is 12.1 Å². The van der Waals surface area contributed by atoms with Crippen LogP contribution < -0.4 is 5.73 Å². The van der Waals surface area contributed by atoms with Crippen molar-refractivity contribution in [1.29, 1.82) is 0 Å². The van der Waals surface area contributed by atoms with E-state index in [0.717, 1.165) is 12.1 Å². The van der Waals surface area contributed by atoms with E-state index in [0.29, 0.717) is 0 Å². The molecule has 1 aromatic carbocycles. The summed E-state index contributed by atoms with van der Waals surface area (Å²) in [6, 6.07) is 1.83. The Morgan fingerprint density at radius 2 is 1.73 bits per heavy atom. The van der Waals surface area contributed by atoms with Crippen LogP contribution in [0.5, 0.6) is 0 Å². The van der Waals surface area contributed by atoms with Crippen molar-refractivity contribution in [2.45, 2.75) is 6.42 Å². The van der Waals surface area contributed by atoms with Gasteiger partial charge in [0, 0.05) is 6.61 Å². The molecule has 0 bridgehead atoms. The second kappa shape index (κ2) is 5.14. The van der Waals surface area contributed by atoms with Crippen LogP contribution in [0, 0.1) is 23.4 Å². The summed E-state index contributed by atoms with van der Waals surface area (Å²) in [5.74, 6) is -4.20. The Morgan fingerprint density at radius 1 is 1.20 bits per heavy atom. The number of hydrogen-bond acceptors (Lipinski definition) is 2. The van der Waals surface area contributed by atoms with Crippen molar-refractivity contribution in [1.82, 2.24) is 0 Å². The largest absolute Gasteiger partial charge is 0.396 e. The summed E-state index contributed by atoms with van der Waals surface area (Å²) in [6.07, 6.45) is 0.223. The molecule has 0 aromatic heterocycles. The van der Waals surface area contributed by atoms with E-state index in [1.807, 2.05) is 0 Å². The molecule has 15 heavy (non-hydrogen) atoms. The van der Waals surface area contributed by atoms with Crippen LogP contribution in [-0.4, -0.2) is 18.3 Å². The van der Waals surface area contributed by atoms with E-state index < -0.39 is 17.5 Å². The number of nitrogens with two attached hydrogens (primary N) is 1. The quantitative estimate of drug-likeness (QED) is 0.748. The summed E-state index contributed by atoms with van der Waals surface area (Å²) in [5, 5.41) is 8.84. The molecule has 0 amide bonds. The van der Waals surface area contributed by atoms with Gasteiger partial charge in [0.05, 0.1) is 0 Å². The molecule has 0 saturated heterocycles. The molecule has 5 heteroatoms. The van der Waals surface area contributed by atoms with E-state index >= 15 is 0 Å². The Hall–Kier alpha value is -1.07. The Kier molecular flexibility index (Phi) is 4.11. The van der Waals surface area contributed by atoms with E-state index in [1.165, 1.54) is 0 Å². The summed E-state index contributed by atoms with van der Waals surface area (Å²) in [4.78, 5) is 0. The topological polar surface area (TPSA) is 46.2 Å². The summed E-state index contributed by atoms with van der Waals surface area (Å²) >= 11 is 0. The summed E-state index contributed by atoms with van der Waals surface area (Å²) < 4.78 is 38.2. The van der Waals surface area contributed by atoms with Crippen molar-refractivity contribution in [3.63, 3.8) is 0 Å². The fourth-order valence-electron chi connectivity index (χ4n) is 1.28. The molecular weight excluding hydrogens is 207 g/mol. The lowest BCUT2D eigenvalue weighted by Gasteiger charge is -2.11. The van der Waals surface area contributed by atoms with Gasteiger partial charge in [0.2, 0.25) is 0 Å². The van der Waals surface area contributed by atoms with E-state index in [2.05, 4.69) is 0 Å².